The first-order chi connectivity index (χ1) is 10.2. The van der Waals surface area contributed by atoms with Crippen molar-refractivity contribution in [3.8, 4) is 0 Å². The molecule has 3 rings (SSSR count). The van der Waals surface area contributed by atoms with Gasteiger partial charge in [-0.3, -0.25) is 0 Å². The Kier molecular flexibility index (Phi) is 4.41. The Bertz CT molecular complexity index is 615. The van der Waals surface area contributed by atoms with Crippen LogP contribution in [0.5, 0.6) is 0 Å². The van der Waals surface area contributed by atoms with Crippen molar-refractivity contribution in [2.24, 2.45) is 11.7 Å². The minimum atomic E-state index is 0.580. The van der Waals surface area contributed by atoms with E-state index in [9.17, 15) is 0 Å². The van der Waals surface area contributed by atoms with Crippen molar-refractivity contribution in [2.75, 3.05) is 0 Å². The molecule has 3 heteroatoms. The van der Waals surface area contributed by atoms with Crippen molar-refractivity contribution in [1.82, 2.24) is 4.98 Å². The maximum absolute atomic E-state index is 5.92. The van der Waals surface area contributed by atoms with E-state index >= 15 is 0 Å². The molecule has 1 heterocycles. The van der Waals surface area contributed by atoms with Gasteiger partial charge in [-0.15, -0.1) is 11.3 Å². The third-order valence-electron chi connectivity index (χ3n) is 4.28. The van der Waals surface area contributed by atoms with Gasteiger partial charge in [0.1, 0.15) is 0 Å². The summed E-state index contributed by atoms with van der Waals surface area (Å²) in [6, 6.07) is 8.84. The van der Waals surface area contributed by atoms with Crippen LogP contribution in [0, 0.1) is 5.92 Å². The van der Waals surface area contributed by atoms with Crippen LogP contribution < -0.4 is 5.73 Å². The molecular formula is C18H24N2S. The first-order valence-corrected chi connectivity index (χ1v) is 8.74. The fourth-order valence-corrected chi connectivity index (χ4v) is 4.30. The largest absolute Gasteiger partial charge is 0.326 e. The lowest BCUT2D eigenvalue weighted by Crippen LogP contribution is -2.12. The van der Waals surface area contributed by atoms with Gasteiger partial charge in [0.25, 0.3) is 0 Å². The second-order valence-electron chi connectivity index (χ2n) is 6.43. The zero-order valence-corrected chi connectivity index (χ0v) is 13.7. The van der Waals surface area contributed by atoms with Gasteiger partial charge in [-0.25, -0.2) is 4.98 Å². The highest BCUT2D eigenvalue weighted by Crippen LogP contribution is 2.36. The van der Waals surface area contributed by atoms with E-state index in [2.05, 4.69) is 38.1 Å². The van der Waals surface area contributed by atoms with Gasteiger partial charge in [-0.2, -0.15) is 0 Å². The van der Waals surface area contributed by atoms with Gasteiger partial charge in [-0.05, 0) is 42.7 Å². The Balaban J connectivity index is 1.83. The predicted octanol–water partition coefficient (Wildman–Crippen LogP) is 4.07. The Morgan fingerprint density at radius 2 is 2.05 bits per heavy atom. The summed E-state index contributed by atoms with van der Waals surface area (Å²) in [4.78, 5) is 6.25. The smallest absolute Gasteiger partial charge is 0.0965 e. The van der Waals surface area contributed by atoms with Gasteiger partial charge in [-0.1, -0.05) is 38.1 Å². The molecule has 0 bridgehead atoms. The van der Waals surface area contributed by atoms with Crippen molar-refractivity contribution >= 4 is 11.3 Å². The molecule has 1 unspecified atom stereocenters. The summed E-state index contributed by atoms with van der Waals surface area (Å²) in [6.45, 7) is 5.12. The summed E-state index contributed by atoms with van der Waals surface area (Å²) in [5.41, 5.74) is 10.2. The fraction of sp³-hybridized carbons (Fsp3) is 0.500. The molecule has 21 heavy (non-hydrogen) atoms. The maximum Gasteiger partial charge on any atom is 0.0965 e. The van der Waals surface area contributed by atoms with Gasteiger partial charge < -0.3 is 5.73 Å². The summed E-state index contributed by atoms with van der Waals surface area (Å²) >= 11 is 1.85. The third kappa shape index (κ3) is 3.19. The van der Waals surface area contributed by atoms with Crippen LogP contribution in [0.3, 0.4) is 0 Å². The van der Waals surface area contributed by atoms with Crippen LogP contribution in [0.4, 0.5) is 0 Å². The van der Waals surface area contributed by atoms with E-state index in [0.29, 0.717) is 18.4 Å². The number of hydrogen-bond donors (Lipinski definition) is 1. The number of thiazole rings is 1. The Morgan fingerprint density at radius 1 is 1.29 bits per heavy atom. The van der Waals surface area contributed by atoms with Crippen LogP contribution in [0.1, 0.15) is 52.9 Å². The van der Waals surface area contributed by atoms with Crippen LogP contribution >= 0.6 is 11.3 Å². The van der Waals surface area contributed by atoms with Gasteiger partial charge in [0.15, 0.2) is 0 Å². The molecule has 0 saturated carbocycles. The molecule has 2 aromatic rings. The average Bonchev–Trinajstić information content (AvgIpc) is 2.89. The molecule has 0 aliphatic heterocycles. The maximum atomic E-state index is 5.92. The number of aromatic nitrogens is 1. The lowest BCUT2D eigenvalue weighted by atomic mass is 9.84. The lowest BCUT2D eigenvalue weighted by molar-refractivity contribution is 0.575. The molecular weight excluding hydrogens is 276 g/mol. The number of nitrogens with two attached hydrogens (primary N) is 1. The van der Waals surface area contributed by atoms with E-state index in [4.69, 9.17) is 10.7 Å². The van der Waals surface area contributed by atoms with E-state index in [1.807, 2.05) is 11.3 Å². The zero-order chi connectivity index (χ0) is 14.8. The second-order valence-corrected chi connectivity index (χ2v) is 7.55. The van der Waals surface area contributed by atoms with Gasteiger partial charge >= 0.3 is 0 Å². The molecule has 0 amide bonds. The number of benzene rings is 1. The monoisotopic (exact) mass is 300 g/mol. The normalized spacial score (nSPS) is 18.0. The van der Waals surface area contributed by atoms with Crippen molar-refractivity contribution in [3.05, 3.63) is 51.0 Å². The highest BCUT2D eigenvalue weighted by molar-refractivity contribution is 7.11. The Labute approximate surface area is 131 Å². The lowest BCUT2D eigenvalue weighted by Gasteiger charge is -2.22. The SMILES string of the molecule is CC(C)Cc1nc(C2CCc3ccccc3C2)sc1CN. The molecule has 0 radical (unpaired) electrons. The summed E-state index contributed by atoms with van der Waals surface area (Å²) in [7, 11) is 0. The number of fused-ring (bicyclic) bond motifs is 1. The number of nitrogens with zero attached hydrogens (tertiary/aromatic N) is 1. The van der Waals surface area contributed by atoms with E-state index in [1.165, 1.54) is 39.5 Å². The molecule has 1 aromatic heterocycles. The number of hydrogen-bond acceptors (Lipinski definition) is 3. The predicted molar refractivity (Wildman–Crippen MR) is 89.8 cm³/mol. The molecule has 2 nitrogen and oxygen atoms in total. The quantitative estimate of drug-likeness (QED) is 0.924. The van der Waals surface area contributed by atoms with E-state index in [1.54, 1.807) is 0 Å². The molecule has 112 valence electrons. The summed E-state index contributed by atoms with van der Waals surface area (Å²) in [5, 5.41) is 1.31. The van der Waals surface area contributed by atoms with Crippen molar-refractivity contribution in [1.29, 1.82) is 0 Å². The standard InChI is InChI=1S/C18H24N2S/c1-12(2)9-16-17(11-19)21-18(20-16)15-8-7-13-5-3-4-6-14(13)10-15/h3-6,12,15H,7-11,19H2,1-2H3. The Hall–Kier alpha value is -1.19. The van der Waals surface area contributed by atoms with E-state index < -0.39 is 0 Å². The van der Waals surface area contributed by atoms with Crippen molar-refractivity contribution in [2.45, 2.75) is 52.0 Å². The molecule has 0 saturated heterocycles. The highest BCUT2D eigenvalue weighted by atomic mass is 32.1. The molecule has 1 aliphatic rings. The minimum Gasteiger partial charge on any atom is -0.326 e. The van der Waals surface area contributed by atoms with Crippen LogP contribution in [-0.2, 0) is 25.8 Å². The van der Waals surface area contributed by atoms with Crippen LogP contribution in [0.2, 0.25) is 0 Å². The second kappa shape index (κ2) is 6.29. The molecule has 0 fully saturated rings. The van der Waals surface area contributed by atoms with Crippen LogP contribution in [-0.4, -0.2) is 4.98 Å². The average molecular weight is 300 g/mol. The summed E-state index contributed by atoms with van der Waals surface area (Å²) in [5.74, 6) is 1.22. The third-order valence-corrected chi connectivity index (χ3v) is 5.56. The number of aryl methyl sites for hydroxylation is 1. The van der Waals surface area contributed by atoms with Gasteiger partial charge in [0, 0.05) is 17.3 Å². The van der Waals surface area contributed by atoms with E-state index in [-0.39, 0.29) is 0 Å². The molecule has 2 N–H and O–H groups in total. The highest BCUT2D eigenvalue weighted by Gasteiger charge is 2.24. The van der Waals surface area contributed by atoms with E-state index in [0.717, 1.165) is 12.8 Å². The molecule has 1 aromatic carbocycles. The first-order valence-electron chi connectivity index (χ1n) is 7.92. The van der Waals surface area contributed by atoms with Crippen LogP contribution in [0.15, 0.2) is 24.3 Å². The molecule has 0 spiro atoms. The summed E-state index contributed by atoms with van der Waals surface area (Å²) < 4.78 is 0. The summed E-state index contributed by atoms with van der Waals surface area (Å²) in [6.07, 6.45) is 4.58. The zero-order valence-electron chi connectivity index (χ0n) is 12.9. The van der Waals surface area contributed by atoms with Crippen molar-refractivity contribution in [3.63, 3.8) is 0 Å². The molecule has 1 atom stereocenters. The topological polar surface area (TPSA) is 38.9 Å². The van der Waals surface area contributed by atoms with Crippen molar-refractivity contribution < 1.29 is 0 Å². The number of rotatable bonds is 4. The first kappa shape index (κ1) is 14.7. The van der Waals surface area contributed by atoms with Gasteiger partial charge in [0.05, 0.1) is 10.7 Å². The van der Waals surface area contributed by atoms with Gasteiger partial charge in [0.2, 0.25) is 0 Å². The minimum absolute atomic E-state index is 0.580. The molecule has 1 aliphatic carbocycles. The Morgan fingerprint density at radius 3 is 2.76 bits per heavy atom. The van der Waals surface area contributed by atoms with Crippen LogP contribution in [0.25, 0.3) is 0 Å². The fourth-order valence-electron chi connectivity index (χ4n) is 3.19.